The van der Waals surface area contributed by atoms with Crippen molar-refractivity contribution in [2.24, 2.45) is 5.92 Å². The lowest BCUT2D eigenvalue weighted by Crippen LogP contribution is -2.42. The number of piperidine rings is 1. The molecule has 0 aliphatic carbocycles. The summed E-state index contributed by atoms with van der Waals surface area (Å²) in [4.78, 5) is 2.48. The van der Waals surface area contributed by atoms with E-state index in [9.17, 15) is 0 Å². The molecule has 0 saturated carbocycles. The van der Waals surface area contributed by atoms with E-state index in [4.69, 9.17) is 4.74 Å². The van der Waals surface area contributed by atoms with Gasteiger partial charge in [-0.15, -0.1) is 0 Å². The maximum atomic E-state index is 6.18. The Morgan fingerprint density at radius 2 is 1.84 bits per heavy atom. The third-order valence-electron chi connectivity index (χ3n) is 4.47. The molecule has 2 saturated heterocycles. The maximum absolute atomic E-state index is 6.18. The van der Waals surface area contributed by atoms with Gasteiger partial charge in [-0.2, -0.15) is 0 Å². The van der Waals surface area contributed by atoms with Crippen molar-refractivity contribution in [1.29, 1.82) is 0 Å². The number of likely N-dealkylation sites (tertiary alicyclic amines) is 1. The highest BCUT2D eigenvalue weighted by atomic mass is 16.5. The minimum Gasteiger partial charge on any atom is -0.357 e. The van der Waals surface area contributed by atoms with E-state index in [1.165, 1.54) is 32.4 Å². The third kappa shape index (κ3) is 4.51. The predicted molar refractivity (Wildman–Crippen MR) is 80.0 cm³/mol. The Bertz CT molecular complexity index is 357. The van der Waals surface area contributed by atoms with Crippen molar-refractivity contribution in [3.8, 4) is 11.8 Å². The summed E-state index contributed by atoms with van der Waals surface area (Å²) in [6.45, 7) is 12.2. The van der Waals surface area contributed by atoms with E-state index in [0.29, 0.717) is 0 Å². The smallest absolute Gasteiger partial charge is 0.126 e. The van der Waals surface area contributed by atoms with Gasteiger partial charge in [0.2, 0.25) is 0 Å². The van der Waals surface area contributed by atoms with E-state index in [-0.39, 0.29) is 11.2 Å². The molecule has 108 valence electrons. The first-order valence-corrected chi connectivity index (χ1v) is 7.81. The molecule has 2 aliphatic heterocycles. The van der Waals surface area contributed by atoms with Crippen molar-refractivity contribution in [3.63, 3.8) is 0 Å². The maximum Gasteiger partial charge on any atom is 0.126 e. The van der Waals surface area contributed by atoms with Crippen molar-refractivity contribution in [3.05, 3.63) is 0 Å². The van der Waals surface area contributed by atoms with Crippen LogP contribution in [0.4, 0.5) is 0 Å². The van der Waals surface area contributed by atoms with Crippen molar-refractivity contribution >= 4 is 0 Å². The van der Waals surface area contributed by atoms with E-state index in [0.717, 1.165) is 25.3 Å². The Labute approximate surface area is 118 Å². The van der Waals surface area contributed by atoms with Gasteiger partial charge in [-0.05, 0) is 71.9 Å². The second kappa shape index (κ2) is 5.85. The minimum atomic E-state index is -0.231. The Morgan fingerprint density at radius 1 is 1.16 bits per heavy atom. The normalized spacial score (nSPS) is 32.6. The predicted octanol–water partition coefficient (Wildman–Crippen LogP) is 3.46. The van der Waals surface area contributed by atoms with Gasteiger partial charge in [0.25, 0.3) is 0 Å². The van der Waals surface area contributed by atoms with Crippen LogP contribution in [0.25, 0.3) is 0 Å². The summed E-state index contributed by atoms with van der Waals surface area (Å²) in [5, 5.41) is 0. The number of ether oxygens (including phenoxy) is 1. The van der Waals surface area contributed by atoms with E-state index in [1.54, 1.807) is 0 Å². The Balaban J connectivity index is 1.85. The summed E-state index contributed by atoms with van der Waals surface area (Å²) in [5.41, 5.74) is -0.243. The van der Waals surface area contributed by atoms with Gasteiger partial charge in [0.05, 0.1) is 12.1 Å². The summed E-state index contributed by atoms with van der Waals surface area (Å²) in [7, 11) is 0. The van der Waals surface area contributed by atoms with E-state index in [1.807, 2.05) is 0 Å². The second-order valence-electron chi connectivity index (χ2n) is 7.21. The SMILES string of the molecule is CC1CCN(CC#C[C@]2(C)CCCC(C)(C)O2)CC1. The molecule has 2 nitrogen and oxygen atoms in total. The molecule has 1 atom stereocenters. The van der Waals surface area contributed by atoms with Crippen molar-refractivity contribution in [2.75, 3.05) is 19.6 Å². The molecule has 0 aromatic rings. The summed E-state index contributed by atoms with van der Waals surface area (Å²) in [5.74, 6) is 7.66. The molecule has 0 bridgehead atoms. The minimum absolute atomic E-state index is 0.0117. The average molecular weight is 263 g/mol. The Hall–Kier alpha value is -0.520. The van der Waals surface area contributed by atoms with Crippen LogP contribution in [0.5, 0.6) is 0 Å². The molecule has 2 heterocycles. The molecule has 2 aliphatic rings. The second-order valence-corrected chi connectivity index (χ2v) is 7.21. The van der Waals surface area contributed by atoms with Gasteiger partial charge in [-0.25, -0.2) is 0 Å². The van der Waals surface area contributed by atoms with Crippen molar-refractivity contribution < 1.29 is 4.74 Å². The molecule has 0 unspecified atom stereocenters. The zero-order chi connectivity index (χ0) is 13.9. The molecule has 2 rings (SSSR count). The summed E-state index contributed by atoms with van der Waals surface area (Å²) >= 11 is 0. The van der Waals surface area contributed by atoms with Gasteiger partial charge >= 0.3 is 0 Å². The summed E-state index contributed by atoms with van der Waals surface area (Å²) in [6.07, 6.45) is 6.08. The van der Waals surface area contributed by atoms with Crippen LogP contribution in [-0.4, -0.2) is 35.7 Å². The zero-order valence-electron chi connectivity index (χ0n) is 13.1. The number of rotatable bonds is 1. The van der Waals surface area contributed by atoms with Crippen LogP contribution < -0.4 is 0 Å². The van der Waals surface area contributed by atoms with Crippen LogP contribution >= 0.6 is 0 Å². The monoisotopic (exact) mass is 263 g/mol. The highest BCUT2D eigenvalue weighted by molar-refractivity contribution is 5.15. The zero-order valence-corrected chi connectivity index (χ0v) is 13.1. The molecule has 19 heavy (non-hydrogen) atoms. The van der Waals surface area contributed by atoms with Gasteiger partial charge in [0.1, 0.15) is 5.60 Å². The number of nitrogens with zero attached hydrogens (tertiary/aromatic N) is 1. The fraction of sp³-hybridized carbons (Fsp3) is 0.882. The molecule has 2 heteroatoms. The number of hydrogen-bond donors (Lipinski definition) is 0. The van der Waals surface area contributed by atoms with Crippen LogP contribution in [0.15, 0.2) is 0 Å². The summed E-state index contributed by atoms with van der Waals surface area (Å²) < 4.78 is 6.18. The fourth-order valence-corrected chi connectivity index (χ4v) is 3.21. The van der Waals surface area contributed by atoms with Crippen LogP contribution in [0.2, 0.25) is 0 Å². The van der Waals surface area contributed by atoms with Gasteiger partial charge in [0.15, 0.2) is 0 Å². The molecular formula is C17H29NO. The lowest BCUT2D eigenvalue weighted by atomic mass is 9.88. The molecule has 0 amide bonds. The van der Waals surface area contributed by atoms with Gasteiger partial charge in [-0.3, -0.25) is 4.90 Å². The lowest BCUT2D eigenvalue weighted by Gasteiger charge is -2.40. The van der Waals surface area contributed by atoms with Crippen LogP contribution in [-0.2, 0) is 4.74 Å². The molecule has 0 aromatic heterocycles. The third-order valence-corrected chi connectivity index (χ3v) is 4.47. The van der Waals surface area contributed by atoms with Crippen LogP contribution in [0, 0.1) is 17.8 Å². The van der Waals surface area contributed by atoms with E-state index in [2.05, 4.69) is 44.4 Å². The van der Waals surface area contributed by atoms with Crippen molar-refractivity contribution in [1.82, 2.24) is 4.90 Å². The molecule has 0 radical (unpaired) electrons. The average Bonchev–Trinajstić information content (AvgIpc) is 2.30. The quantitative estimate of drug-likeness (QED) is 0.672. The number of hydrogen-bond acceptors (Lipinski definition) is 2. The topological polar surface area (TPSA) is 12.5 Å². The fourth-order valence-electron chi connectivity index (χ4n) is 3.21. The molecule has 2 fully saturated rings. The highest BCUT2D eigenvalue weighted by Gasteiger charge is 2.35. The highest BCUT2D eigenvalue weighted by Crippen LogP contribution is 2.34. The van der Waals surface area contributed by atoms with Crippen molar-refractivity contribution in [2.45, 2.75) is 71.0 Å². The van der Waals surface area contributed by atoms with Crippen LogP contribution in [0.3, 0.4) is 0 Å². The first-order valence-electron chi connectivity index (χ1n) is 7.81. The molecule has 0 N–H and O–H groups in total. The van der Waals surface area contributed by atoms with Gasteiger partial charge in [-0.1, -0.05) is 18.8 Å². The molecule has 0 aromatic carbocycles. The Morgan fingerprint density at radius 3 is 2.47 bits per heavy atom. The Kier molecular flexibility index (Phi) is 4.58. The van der Waals surface area contributed by atoms with Gasteiger partial charge in [0, 0.05) is 0 Å². The molecular weight excluding hydrogens is 234 g/mol. The summed E-state index contributed by atoms with van der Waals surface area (Å²) in [6, 6.07) is 0. The largest absolute Gasteiger partial charge is 0.357 e. The van der Waals surface area contributed by atoms with Gasteiger partial charge < -0.3 is 4.74 Å². The van der Waals surface area contributed by atoms with E-state index < -0.39 is 0 Å². The molecule has 0 spiro atoms. The van der Waals surface area contributed by atoms with Crippen LogP contribution in [0.1, 0.15) is 59.8 Å². The lowest BCUT2D eigenvalue weighted by molar-refractivity contribution is -0.135. The first-order chi connectivity index (χ1) is 8.89. The first kappa shape index (κ1) is 14.9. The standard InChI is InChI=1S/C17H29NO/c1-15-7-13-18(14-8-15)12-6-11-17(4)10-5-9-16(2,3)19-17/h15H,5,7-10,12-14H2,1-4H3/t17-/m0/s1. The van der Waals surface area contributed by atoms with E-state index >= 15 is 0 Å².